The number of rotatable bonds is 4. The first-order valence-corrected chi connectivity index (χ1v) is 8.21. The number of hydrogen-bond donors (Lipinski definition) is 2. The number of carbonyl (C=O) groups is 1. The summed E-state index contributed by atoms with van der Waals surface area (Å²) in [6.45, 7) is 0.291. The molecule has 3 N–H and O–H groups in total. The fraction of sp³-hybridized carbons (Fsp3) is 0.105. The molecule has 130 valence electrons. The largest absolute Gasteiger partial charge is 0.355 e. The Labute approximate surface area is 149 Å². The molecule has 2 aliphatic heterocycles. The van der Waals surface area contributed by atoms with Gasteiger partial charge in [0.2, 0.25) is 0 Å². The molecule has 1 aromatic heterocycles. The van der Waals surface area contributed by atoms with Gasteiger partial charge >= 0.3 is 5.82 Å². The minimum Gasteiger partial charge on any atom is -0.355 e. The molecule has 0 radical (unpaired) electrons. The minimum absolute atomic E-state index is 0.228. The van der Waals surface area contributed by atoms with Crippen molar-refractivity contribution in [2.45, 2.75) is 12.7 Å². The van der Waals surface area contributed by atoms with Crippen LogP contribution in [0.5, 0.6) is 0 Å². The Hall–Kier alpha value is -3.48. The molecule has 6 nitrogen and oxygen atoms in total. The number of allylic oxidation sites excluding steroid dienone is 3. The third kappa shape index (κ3) is 3.06. The van der Waals surface area contributed by atoms with E-state index in [0.717, 1.165) is 11.3 Å². The summed E-state index contributed by atoms with van der Waals surface area (Å²) < 4.78 is 13.2. The summed E-state index contributed by atoms with van der Waals surface area (Å²) in [5, 5.41) is 6.10. The lowest BCUT2D eigenvalue weighted by Gasteiger charge is -2.26. The zero-order chi connectivity index (χ0) is 17.9. The highest BCUT2D eigenvalue weighted by molar-refractivity contribution is 5.94. The molecule has 2 aliphatic rings. The maximum absolute atomic E-state index is 13.2. The van der Waals surface area contributed by atoms with Crippen LogP contribution in [0.2, 0.25) is 0 Å². The Morgan fingerprint density at radius 3 is 2.92 bits per heavy atom. The van der Waals surface area contributed by atoms with Crippen LogP contribution < -0.4 is 15.6 Å². The van der Waals surface area contributed by atoms with E-state index in [4.69, 9.17) is 0 Å². The van der Waals surface area contributed by atoms with E-state index in [2.05, 4.69) is 20.6 Å². The number of nitrogens with zero attached hydrogens (tertiary/aromatic N) is 2. The Kier molecular flexibility index (Phi) is 4.18. The molecule has 0 fully saturated rings. The third-order valence-electron chi connectivity index (χ3n) is 4.20. The number of fused-ring (bicyclic) bond motifs is 1. The van der Waals surface area contributed by atoms with Crippen LogP contribution in [0.3, 0.4) is 0 Å². The first-order valence-electron chi connectivity index (χ1n) is 8.21. The second kappa shape index (κ2) is 6.79. The van der Waals surface area contributed by atoms with Crippen molar-refractivity contribution < 1.29 is 14.2 Å². The lowest BCUT2D eigenvalue weighted by atomic mass is 10.1. The number of carbonyl (C=O) groups excluding carboxylic acids is 1. The van der Waals surface area contributed by atoms with Crippen molar-refractivity contribution in [3.63, 3.8) is 0 Å². The molecule has 0 saturated heterocycles. The van der Waals surface area contributed by atoms with Crippen molar-refractivity contribution >= 4 is 5.91 Å². The second-order valence-corrected chi connectivity index (χ2v) is 5.88. The van der Waals surface area contributed by atoms with E-state index in [0.29, 0.717) is 18.1 Å². The number of halogens is 1. The Morgan fingerprint density at radius 2 is 2.15 bits per heavy atom. The van der Waals surface area contributed by atoms with Crippen LogP contribution in [0.1, 0.15) is 17.6 Å². The summed E-state index contributed by atoms with van der Waals surface area (Å²) in [5.74, 6) is 0.141. The van der Waals surface area contributed by atoms with Gasteiger partial charge in [0, 0.05) is 12.3 Å². The van der Waals surface area contributed by atoms with E-state index < -0.39 is 0 Å². The highest BCUT2D eigenvalue weighted by Gasteiger charge is 2.33. The second-order valence-electron chi connectivity index (χ2n) is 5.88. The molecular weight excluding hydrogens is 333 g/mol. The van der Waals surface area contributed by atoms with Gasteiger partial charge in [0.1, 0.15) is 30.4 Å². The molecule has 1 unspecified atom stereocenters. The van der Waals surface area contributed by atoms with Gasteiger partial charge in [0.05, 0.1) is 11.9 Å². The summed E-state index contributed by atoms with van der Waals surface area (Å²) >= 11 is 0. The highest BCUT2D eigenvalue weighted by atomic mass is 19.1. The van der Waals surface area contributed by atoms with Gasteiger partial charge in [0.25, 0.3) is 5.91 Å². The number of amides is 1. The number of aromatic nitrogens is 2. The molecule has 3 heterocycles. The topological polar surface area (TPSA) is 71.4 Å². The van der Waals surface area contributed by atoms with Crippen LogP contribution in [-0.2, 0) is 11.3 Å². The number of aromatic amines is 1. The van der Waals surface area contributed by atoms with E-state index in [1.807, 2.05) is 29.3 Å². The first kappa shape index (κ1) is 16.0. The molecule has 0 aliphatic carbocycles. The van der Waals surface area contributed by atoms with Crippen LogP contribution in [0.15, 0.2) is 78.5 Å². The predicted molar refractivity (Wildman–Crippen MR) is 92.1 cm³/mol. The van der Waals surface area contributed by atoms with E-state index in [9.17, 15) is 9.18 Å². The molecule has 4 rings (SSSR count). The Balaban J connectivity index is 1.55. The number of hydrogen-bond acceptors (Lipinski definition) is 4. The van der Waals surface area contributed by atoms with Gasteiger partial charge in [-0.1, -0.05) is 23.2 Å². The van der Waals surface area contributed by atoms with Gasteiger partial charge in [-0.25, -0.2) is 9.37 Å². The molecule has 1 amide bonds. The van der Waals surface area contributed by atoms with Crippen LogP contribution in [-0.4, -0.2) is 15.8 Å². The van der Waals surface area contributed by atoms with Crippen LogP contribution in [0.25, 0.3) is 0 Å². The molecule has 2 aromatic rings. The SMILES string of the molecule is O=C(NCc1nccc[nH+]1)C1=C2C=CC=CN2C(c2ccc(F)cc2)N1. The van der Waals surface area contributed by atoms with E-state index in [1.54, 1.807) is 30.6 Å². The van der Waals surface area contributed by atoms with Crippen molar-refractivity contribution in [3.05, 3.63) is 95.8 Å². The van der Waals surface area contributed by atoms with Gasteiger partial charge in [-0.15, -0.1) is 0 Å². The lowest BCUT2D eigenvalue weighted by molar-refractivity contribution is -0.396. The minimum atomic E-state index is -0.293. The maximum Gasteiger partial charge on any atom is 0.315 e. The highest BCUT2D eigenvalue weighted by Crippen LogP contribution is 2.33. The first-order chi connectivity index (χ1) is 12.7. The number of benzene rings is 1. The van der Waals surface area contributed by atoms with E-state index in [-0.39, 0.29) is 17.9 Å². The van der Waals surface area contributed by atoms with Gasteiger partial charge in [-0.05, 0) is 29.8 Å². The predicted octanol–water partition coefficient (Wildman–Crippen LogP) is 1.55. The van der Waals surface area contributed by atoms with E-state index >= 15 is 0 Å². The fourth-order valence-electron chi connectivity index (χ4n) is 2.95. The quantitative estimate of drug-likeness (QED) is 0.878. The van der Waals surface area contributed by atoms with Crippen LogP contribution in [0, 0.1) is 5.82 Å². The average Bonchev–Trinajstić information content (AvgIpc) is 3.07. The van der Waals surface area contributed by atoms with Crippen molar-refractivity contribution in [2.75, 3.05) is 0 Å². The van der Waals surface area contributed by atoms with Gasteiger partial charge in [-0.3, -0.25) is 4.79 Å². The smallest absolute Gasteiger partial charge is 0.315 e. The van der Waals surface area contributed by atoms with Crippen molar-refractivity contribution in [3.8, 4) is 0 Å². The van der Waals surface area contributed by atoms with Crippen molar-refractivity contribution in [1.29, 1.82) is 0 Å². The summed E-state index contributed by atoms with van der Waals surface area (Å²) in [5.41, 5.74) is 2.10. The summed E-state index contributed by atoms with van der Waals surface area (Å²) in [6, 6.07) is 8.02. The van der Waals surface area contributed by atoms with Gasteiger partial charge < -0.3 is 15.5 Å². The summed E-state index contributed by atoms with van der Waals surface area (Å²) in [7, 11) is 0. The fourth-order valence-corrected chi connectivity index (χ4v) is 2.95. The number of H-pyrrole nitrogens is 1. The average molecular weight is 350 g/mol. The Bertz CT molecular complexity index is 905. The molecule has 0 saturated carbocycles. The number of nitrogens with one attached hydrogen (secondary N) is 3. The molecule has 1 atom stereocenters. The molecule has 1 aromatic carbocycles. The summed E-state index contributed by atoms with van der Waals surface area (Å²) in [4.78, 5) is 21.8. The van der Waals surface area contributed by atoms with Crippen molar-refractivity contribution in [1.82, 2.24) is 20.5 Å². The molecule has 0 bridgehead atoms. The van der Waals surface area contributed by atoms with Crippen LogP contribution >= 0.6 is 0 Å². The zero-order valence-electron chi connectivity index (χ0n) is 13.8. The lowest BCUT2D eigenvalue weighted by Crippen LogP contribution is -2.33. The summed E-state index contributed by atoms with van der Waals surface area (Å²) in [6.07, 6.45) is 10.7. The third-order valence-corrected chi connectivity index (χ3v) is 4.20. The standard InChI is InChI=1S/C19H16FN5O/c20-14-7-5-13(6-8-14)18-24-17(15-4-1-2-11-25(15)18)19(26)23-12-16-21-9-3-10-22-16/h1-11,18,24H,12H2,(H,23,26)/p+1. The van der Waals surface area contributed by atoms with Crippen LogP contribution in [0.4, 0.5) is 4.39 Å². The molecule has 0 spiro atoms. The van der Waals surface area contributed by atoms with Crippen molar-refractivity contribution in [2.24, 2.45) is 0 Å². The molecular formula is C19H17FN5O+. The monoisotopic (exact) mass is 350 g/mol. The zero-order valence-corrected chi connectivity index (χ0v) is 13.8. The maximum atomic E-state index is 13.2. The van der Waals surface area contributed by atoms with Gasteiger partial charge in [0.15, 0.2) is 0 Å². The Morgan fingerprint density at radius 1 is 1.31 bits per heavy atom. The van der Waals surface area contributed by atoms with E-state index in [1.165, 1.54) is 12.1 Å². The van der Waals surface area contributed by atoms with Gasteiger partial charge in [-0.2, -0.15) is 0 Å². The molecule has 7 heteroatoms. The normalized spacial score (nSPS) is 17.9. The molecule has 26 heavy (non-hydrogen) atoms.